The van der Waals surface area contributed by atoms with Crippen LogP contribution < -0.4 is 23.7 Å². The average Bonchev–Trinajstić information content (AvgIpc) is 0.821. The first kappa shape index (κ1) is 117. The van der Waals surface area contributed by atoms with Crippen LogP contribution in [0.25, 0.3) is 46.6 Å². The second kappa shape index (κ2) is 61.4. The molecule has 0 aliphatic heterocycles. The minimum Gasteiger partial charge on any atom is -0.459 e. The van der Waals surface area contributed by atoms with Gasteiger partial charge in [-0.1, -0.05) is 358 Å². The van der Waals surface area contributed by atoms with Crippen molar-refractivity contribution in [1.29, 1.82) is 0 Å². The molecule has 0 aromatic heterocycles. The minimum atomic E-state index is -0.623. The number of unbranched alkanes of at least 4 members (excludes halogenated alkanes) is 3. The van der Waals surface area contributed by atoms with Crippen LogP contribution in [0.1, 0.15) is 287 Å². The Labute approximate surface area is 884 Å². The van der Waals surface area contributed by atoms with Crippen molar-refractivity contribution < 1.29 is 76.9 Å². The molecule has 13 aromatic carbocycles. The number of benzene rings is 13. The van der Waals surface area contributed by atoms with Crippen molar-refractivity contribution in [2.75, 3.05) is 0 Å². The van der Waals surface area contributed by atoms with E-state index in [-0.39, 0.29) is 36.1 Å². The van der Waals surface area contributed by atoms with E-state index in [1.165, 1.54) is 55.2 Å². The van der Waals surface area contributed by atoms with Gasteiger partial charge in [0.15, 0.2) is 0 Å². The molecule has 0 radical (unpaired) electrons. The van der Waals surface area contributed by atoms with Crippen LogP contribution in [-0.4, -0.2) is 59.3 Å². The lowest BCUT2D eigenvalue weighted by molar-refractivity contribution is -0.270. The van der Waals surface area contributed by atoms with Gasteiger partial charge in [-0.2, -0.15) is 0 Å². The van der Waals surface area contributed by atoms with Crippen LogP contribution >= 0.6 is 0 Å². The molecule has 13 aromatic rings. The molecule has 16 nitrogen and oxygen atoms in total. The van der Waals surface area contributed by atoms with E-state index >= 15 is 0 Å². The molecular weight excluding hydrogens is 1850 g/mol. The molecule has 14 rings (SSSR count). The van der Waals surface area contributed by atoms with Crippen molar-refractivity contribution in [1.82, 2.24) is 0 Å². The zero-order valence-electron chi connectivity index (χ0n) is 89.5. The van der Waals surface area contributed by atoms with Gasteiger partial charge in [0.25, 0.3) is 0 Å². The summed E-state index contributed by atoms with van der Waals surface area (Å²) in [7, 11) is 0. The van der Waals surface area contributed by atoms with Gasteiger partial charge in [0, 0.05) is 6.08 Å². The molecule has 1 aliphatic rings. The minimum absolute atomic E-state index is 0.0320. The predicted molar refractivity (Wildman–Crippen MR) is 606 cm³/mol. The van der Waals surface area contributed by atoms with Crippen LogP contribution in [0.5, 0.6) is 28.7 Å². The Kier molecular flexibility index (Phi) is 48.3. The monoisotopic (exact) mass is 2000 g/mol. The highest BCUT2D eigenvalue weighted by atomic mass is 17.1. The van der Waals surface area contributed by atoms with E-state index in [4.69, 9.17) is 38.0 Å². The van der Waals surface area contributed by atoms with Crippen molar-refractivity contribution >= 4 is 66.1 Å². The Morgan fingerprint density at radius 3 is 1.11 bits per heavy atom. The summed E-state index contributed by atoms with van der Waals surface area (Å²) >= 11 is 0. The third-order valence-electron chi connectivity index (χ3n) is 26.5. The Balaban J connectivity index is 0.000000200. The van der Waals surface area contributed by atoms with Gasteiger partial charge < -0.3 is 33.2 Å². The van der Waals surface area contributed by atoms with E-state index in [1.54, 1.807) is 104 Å². The molecule has 0 bridgehead atoms. The van der Waals surface area contributed by atoms with E-state index in [0.717, 1.165) is 130 Å². The standard InChI is InChI=1S/C28H30O4.C26H26O2.C23H28O2.C22H24O4.C18H26O2.C16H14O2/c1-5-19(3)17-22-9-11-23(12-10-22)27(32-30)25-15-16-26(20(4)18-25)31-28(29)24-13-7-21(6-2)8-14-24;1-4-19(3)18-21-8-10-22(11-9-21)23-14-16-25(17-15-23)28-26(27)24-12-6-20(5-2)7-13-24;1-4-6-7-8-9-18(3)25-23(24)22-16-14-21(15-17-22)20-12-10-19(5-2)11-13-20;1-5-15(3)13-17-7-10-19(11-8-17)25-22(24)18-9-12-20(16(4)14-18)26-21(23)6-2;1-12(2)16-10-7-14(4)11-17(16)20-18(19)15-8-5-13(3)6-9-15;1-3-13-6-8-14(9-7-13)16(17)18-15-10-4-12(2)5-11-15/h6-16,18-19,27,30H,2,5,17H2,1,3-4H3;5-17,19H,2,4,18H2,1,3H3;5,10-18H,2,4,6-9H2,1,3H3;6-12,14-15H,2,5,13H2,1,3-4H3;5-6,8-9,12,14,16-17H,7,10-11H2,1-4H3;3-11H,1H2,2H3. The van der Waals surface area contributed by atoms with Gasteiger partial charge >= 0.3 is 41.8 Å². The lowest BCUT2D eigenvalue weighted by atomic mass is 9.75. The first-order valence-electron chi connectivity index (χ1n) is 51.9. The first-order valence-corrected chi connectivity index (χ1v) is 51.9. The molecule has 16 heteroatoms. The van der Waals surface area contributed by atoms with Crippen molar-refractivity contribution in [3.63, 3.8) is 0 Å². The number of carbonyl (C=O) groups is 7. The fraction of sp³-hybridized carbons (Fsp3) is 0.286. The number of aryl methyl sites for hydroxylation is 4. The SMILES string of the molecule is C=CC(=O)Oc1ccc(C(=O)Oc2ccc(CC(C)CC)cc2)cc1C.C=Cc1ccc(-c2ccc(C(=O)OC(C)CCCCCC)cc2)cc1.C=Cc1ccc(C(=O)Oc2ccc(-c3ccc(CC(C)CC)cc3)cc2)cc1.C=Cc1ccc(C(=O)Oc2ccc(C(OO)c3ccc(CC(C)CC)cc3)cc2C)cc1.C=Cc1ccc(C(=O)Oc2ccc(C)cc2)cc1.Cc1ccc(C(=O)OC2CC(C)CCC2C(C)C)cc1. The highest BCUT2D eigenvalue weighted by molar-refractivity contribution is 5.95. The number of hydrogen-bond donors (Lipinski definition) is 1. The van der Waals surface area contributed by atoms with Gasteiger partial charge in [-0.05, 0) is 326 Å². The molecule has 1 aliphatic carbocycles. The number of carbonyl (C=O) groups excluding carboxylic acids is 7. The average molecular weight is 2000 g/mol. The summed E-state index contributed by atoms with van der Waals surface area (Å²) in [5.41, 5.74) is 20.8. The summed E-state index contributed by atoms with van der Waals surface area (Å²) in [5, 5.41) is 9.59. The molecule has 8 atom stereocenters. The van der Waals surface area contributed by atoms with E-state index < -0.39 is 24.0 Å². The van der Waals surface area contributed by atoms with E-state index in [9.17, 15) is 38.8 Å². The Hall–Kier alpha value is -15.2. The van der Waals surface area contributed by atoms with Crippen LogP contribution in [0.3, 0.4) is 0 Å². The van der Waals surface area contributed by atoms with Crippen molar-refractivity contribution in [3.05, 3.63) is 448 Å². The van der Waals surface area contributed by atoms with E-state index in [1.807, 2.05) is 210 Å². The molecule has 149 heavy (non-hydrogen) atoms. The molecule has 1 fully saturated rings. The van der Waals surface area contributed by atoms with Crippen molar-refractivity contribution in [2.24, 2.45) is 35.5 Å². The lowest BCUT2D eigenvalue weighted by Crippen LogP contribution is -2.35. The maximum absolute atomic E-state index is 12.5. The van der Waals surface area contributed by atoms with Gasteiger partial charge in [-0.3, -0.25) is 5.26 Å². The molecule has 1 saturated carbocycles. The maximum atomic E-state index is 12.5. The first-order chi connectivity index (χ1) is 71.7. The third-order valence-corrected chi connectivity index (χ3v) is 26.5. The second-order valence-electron chi connectivity index (χ2n) is 38.8. The number of hydrogen-bond acceptors (Lipinski definition) is 16. The topological polar surface area (TPSA) is 214 Å². The summed E-state index contributed by atoms with van der Waals surface area (Å²) in [6.45, 7) is 50.0. The zero-order valence-corrected chi connectivity index (χ0v) is 89.5. The normalized spacial score (nSPS) is 13.7. The summed E-state index contributed by atoms with van der Waals surface area (Å²) < 4.78 is 38.2. The quantitative estimate of drug-likeness (QED) is 0.00951. The van der Waals surface area contributed by atoms with Crippen LogP contribution in [0.2, 0.25) is 0 Å². The highest BCUT2D eigenvalue weighted by Crippen LogP contribution is 2.38. The highest BCUT2D eigenvalue weighted by Gasteiger charge is 2.34. The molecule has 1 N–H and O–H groups in total. The summed E-state index contributed by atoms with van der Waals surface area (Å²) in [6, 6.07) is 94.3. The van der Waals surface area contributed by atoms with Crippen LogP contribution in [0, 0.1) is 63.2 Å². The van der Waals surface area contributed by atoms with E-state index in [2.05, 4.69) is 151 Å². The van der Waals surface area contributed by atoms with Crippen molar-refractivity contribution in [2.45, 2.75) is 212 Å². The van der Waals surface area contributed by atoms with Crippen molar-refractivity contribution in [3.8, 4) is 51.0 Å². The molecule has 0 spiro atoms. The smallest absolute Gasteiger partial charge is 0.343 e. The summed E-state index contributed by atoms with van der Waals surface area (Å²) in [6.07, 6.45) is 23.3. The van der Waals surface area contributed by atoms with Crippen LogP contribution in [0.4, 0.5) is 0 Å². The third kappa shape index (κ3) is 38.8. The summed E-state index contributed by atoms with van der Waals surface area (Å²) in [4.78, 5) is 89.5. The molecule has 8 unspecified atom stereocenters. The van der Waals surface area contributed by atoms with Gasteiger partial charge in [-0.25, -0.2) is 38.4 Å². The fourth-order valence-electron chi connectivity index (χ4n) is 16.5. The molecule has 0 saturated heterocycles. The zero-order chi connectivity index (χ0) is 108. The molecular formula is C133H148O16. The fourth-order valence-corrected chi connectivity index (χ4v) is 16.5. The number of rotatable bonds is 38. The lowest BCUT2D eigenvalue weighted by Gasteiger charge is -2.36. The predicted octanol–water partition coefficient (Wildman–Crippen LogP) is 33.7. The van der Waals surface area contributed by atoms with Gasteiger partial charge in [0.05, 0.1) is 39.5 Å². The van der Waals surface area contributed by atoms with Gasteiger partial charge in [0.1, 0.15) is 41.0 Å². The summed E-state index contributed by atoms with van der Waals surface area (Å²) in [5.74, 6) is 3.58. The molecule has 0 heterocycles. The molecule has 776 valence electrons. The van der Waals surface area contributed by atoms with Gasteiger partial charge in [0.2, 0.25) is 0 Å². The Morgan fingerprint density at radius 2 is 0.691 bits per heavy atom. The second-order valence-corrected chi connectivity index (χ2v) is 38.8. The van der Waals surface area contributed by atoms with Crippen LogP contribution in [-0.2, 0) is 38.4 Å². The maximum Gasteiger partial charge on any atom is 0.343 e. The van der Waals surface area contributed by atoms with E-state index in [0.29, 0.717) is 103 Å². The van der Waals surface area contributed by atoms with Crippen LogP contribution in [0.15, 0.2) is 342 Å². The molecule has 0 amide bonds. The van der Waals surface area contributed by atoms with Gasteiger partial charge in [-0.15, -0.1) is 0 Å². The Morgan fingerprint density at radius 1 is 0.356 bits per heavy atom. The Bertz CT molecular complexity index is 6440. The number of esters is 7. The largest absolute Gasteiger partial charge is 0.459 e. The number of ether oxygens (including phenoxy) is 7.